The molecule has 0 fully saturated rings. The first-order valence-electron chi connectivity index (χ1n) is 1.24. The summed E-state index contributed by atoms with van der Waals surface area (Å²) in [5.41, 5.74) is 3.54. The van der Waals surface area contributed by atoms with Crippen LogP contribution in [0.1, 0.15) is 0 Å². The van der Waals surface area contributed by atoms with E-state index in [0.717, 1.165) is 0 Å². The molecule has 0 aromatic carbocycles. The normalized spacial score (nSPS) is 6.67. The molecule has 0 unspecified atom stereocenters. The minimum atomic E-state index is 0. The number of nitrogens with one attached hydrogen (secondary N) is 1. The molecular formula is C2H4N2OS. The van der Waals surface area contributed by atoms with E-state index in [0.29, 0.717) is 0 Å². The highest BCUT2D eigenvalue weighted by Gasteiger charge is 1.69. The van der Waals surface area contributed by atoms with E-state index in [2.05, 4.69) is 10.2 Å². The summed E-state index contributed by atoms with van der Waals surface area (Å²) in [5, 5.41) is 6.25. The van der Waals surface area contributed by atoms with E-state index in [9.17, 15) is 0 Å². The van der Waals surface area contributed by atoms with Crippen LogP contribution in [-0.4, -0.2) is 10.6 Å². The number of rotatable bonds is 0. The van der Waals surface area contributed by atoms with Gasteiger partial charge in [0.05, 0.1) is 0 Å². The van der Waals surface area contributed by atoms with Gasteiger partial charge in [-0.05, 0) is 0 Å². The Morgan fingerprint density at radius 2 is 2.50 bits per heavy atom. The number of hydrogen-bond donors (Lipinski definition) is 0. The molecule has 6 heavy (non-hydrogen) atoms. The van der Waals surface area contributed by atoms with Crippen molar-refractivity contribution in [3.63, 3.8) is 0 Å². The van der Waals surface area contributed by atoms with Gasteiger partial charge in [-0.1, -0.05) is 16.4 Å². The second-order valence-electron chi connectivity index (χ2n) is 0.618. The number of hydrogen-bond acceptors (Lipinski definition) is 3. The van der Waals surface area contributed by atoms with Gasteiger partial charge in [-0.2, -0.15) is 0 Å². The summed E-state index contributed by atoms with van der Waals surface area (Å²) in [6, 6.07) is 0. The molecule has 0 atom stereocenters. The fourth-order valence-electron chi connectivity index (χ4n) is 0.152. The van der Waals surface area contributed by atoms with Crippen LogP contribution in [0, 0.1) is 0 Å². The van der Waals surface area contributed by atoms with Gasteiger partial charge in [0.2, 0.25) is 5.51 Å². The maximum atomic E-state index is 3.62. The molecule has 1 rings (SSSR count). The maximum absolute atomic E-state index is 3.62. The molecular weight excluding hydrogens is 100 g/mol. The highest BCUT2D eigenvalue weighted by molar-refractivity contribution is 7.06. The Morgan fingerprint density at radius 3 is 2.67 bits per heavy atom. The van der Waals surface area contributed by atoms with Crippen LogP contribution in [0.3, 0.4) is 0 Å². The molecule has 0 radical (unpaired) electrons. The van der Waals surface area contributed by atoms with Crippen LogP contribution >= 0.6 is 11.3 Å². The summed E-state index contributed by atoms with van der Waals surface area (Å²) >= 11 is 1.55. The lowest BCUT2D eigenvalue weighted by Gasteiger charge is -1.31. The van der Waals surface area contributed by atoms with Gasteiger partial charge in [0.15, 0.2) is 5.51 Å². The van der Waals surface area contributed by atoms with E-state index < -0.39 is 0 Å². The van der Waals surface area contributed by atoms with Gasteiger partial charge < -0.3 is 5.48 Å². The molecule has 1 aromatic heterocycles. The number of nitrogens with zero attached hydrogens (tertiary/aromatic N) is 1. The van der Waals surface area contributed by atoms with Gasteiger partial charge in [-0.15, -0.1) is 0 Å². The van der Waals surface area contributed by atoms with E-state index in [4.69, 9.17) is 0 Å². The minimum Gasteiger partial charge on any atom is -0.870 e. The average molecular weight is 104 g/mol. The van der Waals surface area contributed by atoms with Gasteiger partial charge >= 0.3 is 0 Å². The molecule has 1 aromatic rings. The van der Waals surface area contributed by atoms with E-state index in [-0.39, 0.29) is 5.48 Å². The van der Waals surface area contributed by atoms with Crippen LogP contribution in [0.15, 0.2) is 11.0 Å². The molecule has 0 aliphatic heterocycles. The summed E-state index contributed by atoms with van der Waals surface area (Å²) in [6.45, 7) is 0. The van der Waals surface area contributed by atoms with Gasteiger partial charge in [0, 0.05) is 5.10 Å². The summed E-state index contributed by atoms with van der Waals surface area (Å²) in [6.07, 6.45) is 0. The van der Waals surface area contributed by atoms with Crippen molar-refractivity contribution in [3.05, 3.63) is 11.0 Å². The average Bonchev–Trinajstić information content (AvgIpc) is 1.76. The van der Waals surface area contributed by atoms with Crippen molar-refractivity contribution in [2.75, 3.05) is 0 Å². The number of aromatic nitrogens is 2. The molecule has 3 nitrogen and oxygen atoms in total. The molecule has 2 N–H and O–H groups in total. The fraction of sp³-hybridized carbons (Fsp3) is 0. The third kappa shape index (κ3) is 1.09. The lowest BCUT2D eigenvalue weighted by molar-refractivity contribution is -0.447. The third-order valence-corrected chi connectivity index (χ3v) is 0.777. The molecule has 0 saturated heterocycles. The molecule has 0 amide bonds. The van der Waals surface area contributed by atoms with Gasteiger partial charge in [-0.25, -0.2) is 0 Å². The summed E-state index contributed by atoms with van der Waals surface area (Å²) in [4.78, 5) is 0. The van der Waals surface area contributed by atoms with Gasteiger partial charge in [0.25, 0.3) is 0 Å². The molecule has 0 bridgehead atoms. The predicted octanol–water partition coefficient (Wildman–Crippen LogP) is -0.220. The third-order valence-electron chi connectivity index (χ3n) is 0.309. The van der Waals surface area contributed by atoms with E-state index in [1.165, 1.54) is 0 Å². The minimum absolute atomic E-state index is 0. The molecule has 0 aliphatic carbocycles. The van der Waals surface area contributed by atoms with Gasteiger partial charge in [0.1, 0.15) is 0 Å². The van der Waals surface area contributed by atoms with Gasteiger partial charge in [-0.3, -0.25) is 0 Å². The molecule has 0 aliphatic rings. The first kappa shape index (κ1) is 5.52. The van der Waals surface area contributed by atoms with Crippen LogP contribution in [0.2, 0.25) is 0 Å². The highest BCUT2D eigenvalue weighted by atomic mass is 32.1. The Morgan fingerprint density at radius 1 is 1.67 bits per heavy atom. The maximum Gasteiger partial charge on any atom is 0.250 e. The second-order valence-corrected chi connectivity index (χ2v) is 1.34. The molecule has 4 heteroatoms. The summed E-state index contributed by atoms with van der Waals surface area (Å²) in [5.74, 6) is 0. The van der Waals surface area contributed by atoms with Crippen molar-refractivity contribution in [1.29, 1.82) is 0 Å². The van der Waals surface area contributed by atoms with Crippen molar-refractivity contribution in [3.8, 4) is 0 Å². The monoisotopic (exact) mass is 104 g/mol. The fourth-order valence-corrected chi connectivity index (χ4v) is 0.456. The van der Waals surface area contributed by atoms with Crippen LogP contribution in [0.25, 0.3) is 0 Å². The van der Waals surface area contributed by atoms with Crippen molar-refractivity contribution in [2.24, 2.45) is 0 Å². The Bertz CT molecular complexity index is 68.0. The SMILES string of the molecule is [OH-].c1n[nH+]cs1. The zero-order valence-electron chi connectivity index (χ0n) is 2.96. The van der Waals surface area contributed by atoms with Crippen molar-refractivity contribution in [1.82, 2.24) is 5.10 Å². The van der Waals surface area contributed by atoms with Crippen molar-refractivity contribution >= 4 is 11.3 Å². The largest absolute Gasteiger partial charge is 0.870 e. The molecule has 34 valence electrons. The zero-order valence-corrected chi connectivity index (χ0v) is 3.77. The zero-order chi connectivity index (χ0) is 3.54. The highest BCUT2D eigenvalue weighted by Crippen LogP contribution is 1.76. The molecule has 0 saturated carbocycles. The Balaban J connectivity index is 0.000000250. The first-order valence-corrected chi connectivity index (χ1v) is 2.18. The van der Waals surface area contributed by atoms with Crippen molar-refractivity contribution < 1.29 is 10.6 Å². The second kappa shape index (κ2) is 2.74. The Labute approximate surface area is 39.0 Å². The molecule has 0 spiro atoms. The molecule has 1 heterocycles. The predicted molar refractivity (Wildman–Crippen MR) is 20.6 cm³/mol. The van der Waals surface area contributed by atoms with Crippen LogP contribution in [-0.2, 0) is 0 Å². The standard InChI is InChI=1S/C2H2N2S.H2O/c1-3-4-2-5-1;/h1-2H;1H2. The van der Waals surface area contributed by atoms with E-state index in [1.807, 2.05) is 0 Å². The first-order chi connectivity index (χ1) is 2.50. The van der Waals surface area contributed by atoms with E-state index in [1.54, 1.807) is 22.4 Å². The summed E-state index contributed by atoms with van der Waals surface area (Å²) in [7, 11) is 0. The van der Waals surface area contributed by atoms with Crippen molar-refractivity contribution in [2.45, 2.75) is 0 Å². The number of aromatic amines is 1. The Kier molecular flexibility index (Phi) is 2.52. The van der Waals surface area contributed by atoms with Crippen LogP contribution < -0.4 is 5.10 Å². The smallest absolute Gasteiger partial charge is 0.250 e. The van der Waals surface area contributed by atoms with E-state index >= 15 is 0 Å². The van der Waals surface area contributed by atoms with Crippen LogP contribution in [0.5, 0.6) is 0 Å². The van der Waals surface area contributed by atoms with Crippen LogP contribution in [0.4, 0.5) is 0 Å². The number of H-pyrrole nitrogens is 1. The Hall–Kier alpha value is -0.480. The topological polar surface area (TPSA) is 57.0 Å². The quantitative estimate of drug-likeness (QED) is 0.457. The lowest BCUT2D eigenvalue weighted by atomic mass is 11.6. The lowest BCUT2D eigenvalue weighted by Crippen LogP contribution is -1.95. The summed E-state index contributed by atoms with van der Waals surface area (Å²) < 4.78 is 0.